The number of nitrogens with one attached hydrogen (secondary N) is 2. The van der Waals surface area contributed by atoms with Gasteiger partial charge in [0.1, 0.15) is 5.82 Å². The van der Waals surface area contributed by atoms with Crippen molar-refractivity contribution in [2.75, 3.05) is 6.54 Å². The summed E-state index contributed by atoms with van der Waals surface area (Å²) in [5.41, 5.74) is 0.736. The first-order chi connectivity index (χ1) is 7.75. The van der Waals surface area contributed by atoms with E-state index in [1.165, 1.54) is 31.5 Å². The molecule has 0 saturated carbocycles. The van der Waals surface area contributed by atoms with E-state index < -0.39 is 0 Å². The van der Waals surface area contributed by atoms with Crippen molar-refractivity contribution in [3.05, 3.63) is 30.2 Å². The fraction of sp³-hybridized carbons (Fsp3) is 0.417. The highest BCUT2D eigenvalue weighted by Gasteiger charge is 2.05. The van der Waals surface area contributed by atoms with Gasteiger partial charge in [-0.1, -0.05) is 0 Å². The van der Waals surface area contributed by atoms with Crippen molar-refractivity contribution in [3.8, 4) is 0 Å². The van der Waals surface area contributed by atoms with Gasteiger partial charge in [0.15, 0.2) is 0 Å². The number of aromatic nitrogens is 2. The summed E-state index contributed by atoms with van der Waals surface area (Å²) in [7, 11) is 0. The monoisotopic (exact) mass is 221 g/mol. The van der Waals surface area contributed by atoms with Gasteiger partial charge < -0.3 is 5.32 Å². The third-order valence-corrected chi connectivity index (χ3v) is 2.71. The van der Waals surface area contributed by atoms with Crippen LogP contribution in [0.1, 0.15) is 19.8 Å². The minimum absolute atomic E-state index is 0.239. The maximum Gasteiger partial charge on any atom is 0.125 e. The van der Waals surface area contributed by atoms with Crippen LogP contribution in [-0.4, -0.2) is 22.8 Å². The summed E-state index contributed by atoms with van der Waals surface area (Å²) in [4.78, 5) is 0. The molecule has 0 spiro atoms. The van der Waals surface area contributed by atoms with Crippen molar-refractivity contribution in [3.63, 3.8) is 0 Å². The van der Waals surface area contributed by atoms with Crippen molar-refractivity contribution in [2.24, 2.45) is 0 Å². The molecule has 0 aliphatic carbocycles. The first-order valence-electron chi connectivity index (χ1n) is 5.58. The van der Waals surface area contributed by atoms with Crippen LogP contribution in [-0.2, 0) is 0 Å². The van der Waals surface area contributed by atoms with E-state index in [4.69, 9.17) is 0 Å². The van der Waals surface area contributed by atoms with Crippen LogP contribution in [0.2, 0.25) is 0 Å². The summed E-state index contributed by atoms with van der Waals surface area (Å²) in [6.45, 7) is 3.47. The van der Waals surface area contributed by atoms with Gasteiger partial charge >= 0.3 is 0 Å². The summed E-state index contributed by atoms with van der Waals surface area (Å²) in [5.74, 6) is -0.239. The number of aromatic amines is 1. The second-order valence-electron chi connectivity index (χ2n) is 4.10. The molecule has 2 aromatic rings. The Morgan fingerprint density at radius 3 is 2.94 bits per heavy atom. The summed E-state index contributed by atoms with van der Waals surface area (Å²) in [5, 5.41) is 10.7. The predicted octanol–water partition coefficient (Wildman–Crippen LogP) is 2.46. The normalized spacial score (nSPS) is 19.5. The number of nitrogens with zero attached hydrogens (tertiary/aromatic N) is 1. The number of fused-ring (bicyclic) bond motifs is 1. The average Bonchev–Trinajstić information content (AvgIpc) is 2.88. The second kappa shape index (κ2) is 5.07. The van der Waals surface area contributed by atoms with Crippen LogP contribution < -0.4 is 5.32 Å². The van der Waals surface area contributed by atoms with Gasteiger partial charge in [-0.05, 0) is 44.5 Å². The Balaban J connectivity index is 0.000000138. The fourth-order valence-corrected chi connectivity index (χ4v) is 1.77. The summed E-state index contributed by atoms with van der Waals surface area (Å²) in [6.07, 6.45) is 4.41. The van der Waals surface area contributed by atoms with Gasteiger partial charge in [-0.3, -0.25) is 5.10 Å². The van der Waals surface area contributed by atoms with E-state index in [0.29, 0.717) is 0 Å². The first-order valence-corrected chi connectivity index (χ1v) is 5.58. The molecule has 86 valence electrons. The SMILES string of the molecule is C[C@H]1CCCN1.Fc1ccc2cn[nH]c2c1. The molecule has 4 heteroatoms. The molecule has 1 saturated heterocycles. The third kappa shape index (κ3) is 2.79. The molecule has 2 heterocycles. The molecule has 16 heavy (non-hydrogen) atoms. The average molecular weight is 221 g/mol. The third-order valence-electron chi connectivity index (χ3n) is 2.71. The van der Waals surface area contributed by atoms with Crippen LogP contribution in [0.3, 0.4) is 0 Å². The molecule has 0 unspecified atom stereocenters. The Bertz CT molecular complexity index is 446. The molecule has 0 bridgehead atoms. The Kier molecular flexibility index (Phi) is 3.51. The quantitative estimate of drug-likeness (QED) is 0.717. The molecule has 1 aromatic carbocycles. The molecule has 1 atom stereocenters. The molecule has 1 aliphatic heterocycles. The van der Waals surface area contributed by atoms with E-state index in [1.54, 1.807) is 12.3 Å². The Labute approximate surface area is 94.1 Å². The molecule has 0 radical (unpaired) electrons. The van der Waals surface area contributed by atoms with Gasteiger partial charge in [0.2, 0.25) is 0 Å². The molecule has 1 aliphatic rings. The molecule has 2 N–H and O–H groups in total. The van der Waals surface area contributed by atoms with Crippen molar-refractivity contribution >= 4 is 10.9 Å². The molecule has 1 aromatic heterocycles. The number of benzene rings is 1. The van der Waals surface area contributed by atoms with Crippen LogP contribution in [0.5, 0.6) is 0 Å². The Hall–Kier alpha value is -1.42. The van der Waals surface area contributed by atoms with Gasteiger partial charge in [-0.15, -0.1) is 0 Å². The van der Waals surface area contributed by atoms with Crippen LogP contribution in [0.25, 0.3) is 10.9 Å². The maximum absolute atomic E-state index is 12.5. The van der Waals surface area contributed by atoms with Crippen LogP contribution in [0.15, 0.2) is 24.4 Å². The summed E-state index contributed by atoms with van der Waals surface area (Å²) < 4.78 is 12.5. The number of hydrogen-bond acceptors (Lipinski definition) is 2. The lowest BCUT2D eigenvalue weighted by Gasteiger charge is -1.95. The highest BCUT2D eigenvalue weighted by molar-refractivity contribution is 5.77. The fourth-order valence-electron chi connectivity index (χ4n) is 1.77. The van der Waals surface area contributed by atoms with Crippen molar-refractivity contribution in [1.82, 2.24) is 15.5 Å². The first kappa shape index (κ1) is 11.1. The van der Waals surface area contributed by atoms with Crippen LogP contribution >= 0.6 is 0 Å². The smallest absolute Gasteiger partial charge is 0.125 e. The van der Waals surface area contributed by atoms with Crippen LogP contribution in [0.4, 0.5) is 4.39 Å². The van der Waals surface area contributed by atoms with E-state index in [9.17, 15) is 4.39 Å². The van der Waals surface area contributed by atoms with Gasteiger partial charge in [-0.25, -0.2) is 4.39 Å². The molecular formula is C12H16FN3. The van der Waals surface area contributed by atoms with Gasteiger partial charge in [0.05, 0.1) is 11.7 Å². The zero-order valence-electron chi connectivity index (χ0n) is 9.33. The van der Waals surface area contributed by atoms with Crippen molar-refractivity contribution in [2.45, 2.75) is 25.8 Å². The largest absolute Gasteiger partial charge is 0.314 e. The van der Waals surface area contributed by atoms with E-state index >= 15 is 0 Å². The molecule has 1 fully saturated rings. The number of rotatable bonds is 0. The van der Waals surface area contributed by atoms with Gasteiger partial charge in [0, 0.05) is 11.4 Å². The summed E-state index contributed by atoms with van der Waals surface area (Å²) >= 11 is 0. The lowest BCUT2D eigenvalue weighted by molar-refractivity contribution is 0.629. The minimum atomic E-state index is -0.239. The molecule has 0 amide bonds. The topological polar surface area (TPSA) is 40.7 Å². The van der Waals surface area contributed by atoms with Crippen LogP contribution in [0, 0.1) is 5.82 Å². The predicted molar refractivity (Wildman–Crippen MR) is 62.8 cm³/mol. The highest BCUT2D eigenvalue weighted by Crippen LogP contribution is 2.10. The second-order valence-corrected chi connectivity index (χ2v) is 4.10. The lowest BCUT2D eigenvalue weighted by atomic mass is 10.2. The number of H-pyrrole nitrogens is 1. The maximum atomic E-state index is 12.5. The van der Waals surface area contributed by atoms with E-state index in [2.05, 4.69) is 22.4 Å². The zero-order chi connectivity index (χ0) is 11.4. The standard InChI is InChI=1S/C7H5FN2.C5H11N/c8-6-2-1-5-4-9-10-7(5)3-6;1-5-3-2-4-6-5/h1-4H,(H,9,10);5-6H,2-4H2,1H3/t;5-/m.0/s1. The van der Waals surface area contributed by atoms with E-state index in [0.717, 1.165) is 16.9 Å². The minimum Gasteiger partial charge on any atom is -0.314 e. The van der Waals surface area contributed by atoms with Crippen molar-refractivity contribution < 1.29 is 4.39 Å². The van der Waals surface area contributed by atoms with E-state index in [1.807, 2.05) is 0 Å². The number of halogens is 1. The van der Waals surface area contributed by atoms with Gasteiger partial charge in [0.25, 0.3) is 0 Å². The number of hydrogen-bond donors (Lipinski definition) is 2. The summed E-state index contributed by atoms with van der Waals surface area (Å²) in [6, 6.07) is 5.32. The van der Waals surface area contributed by atoms with Crippen molar-refractivity contribution in [1.29, 1.82) is 0 Å². The lowest BCUT2D eigenvalue weighted by Crippen LogP contribution is -2.16. The Morgan fingerprint density at radius 1 is 1.44 bits per heavy atom. The Morgan fingerprint density at radius 2 is 2.31 bits per heavy atom. The zero-order valence-corrected chi connectivity index (χ0v) is 9.33. The van der Waals surface area contributed by atoms with Gasteiger partial charge in [-0.2, -0.15) is 5.10 Å². The molecule has 3 nitrogen and oxygen atoms in total. The van der Waals surface area contributed by atoms with E-state index in [-0.39, 0.29) is 5.82 Å². The molecular weight excluding hydrogens is 205 g/mol. The highest BCUT2D eigenvalue weighted by atomic mass is 19.1. The molecule has 3 rings (SSSR count).